The van der Waals surface area contributed by atoms with Crippen LogP contribution in [0.3, 0.4) is 0 Å². The third-order valence-electron chi connectivity index (χ3n) is 3.38. The average Bonchev–Trinajstić information content (AvgIpc) is 3.14. The van der Waals surface area contributed by atoms with E-state index < -0.39 is 18.1 Å². The molecule has 1 aliphatic rings. The number of nitrogens with one attached hydrogen (secondary N) is 1. The predicted octanol–water partition coefficient (Wildman–Crippen LogP) is 3.70. The Bertz CT molecular complexity index is 845. The molecule has 7 nitrogen and oxygen atoms in total. The molecule has 0 saturated carbocycles. The van der Waals surface area contributed by atoms with Gasteiger partial charge in [-0.3, -0.25) is 0 Å². The van der Waals surface area contributed by atoms with Crippen LogP contribution in [0.1, 0.15) is 21.6 Å². The number of aromatic nitrogens is 3. The monoisotopic (exact) mass is 443 g/mol. The second-order valence-corrected chi connectivity index (χ2v) is 7.37. The van der Waals surface area contributed by atoms with E-state index in [0.29, 0.717) is 15.1 Å². The van der Waals surface area contributed by atoms with Gasteiger partial charge in [0.25, 0.3) is 0 Å². The normalized spacial score (nSPS) is 13.7. The minimum atomic E-state index is -5.08. The maximum absolute atomic E-state index is 11.0. The lowest BCUT2D eigenvalue weighted by atomic mass is 10.1. The van der Waals surface area contributed by atoms with E-state index >= 15 is 0 Å². The Morgan fingerprint density at radius 1 is 1.11 bits per heavy atom. The standard InChI is InChI=1S/C12H9Cl2N3O2S.C2HF3O2/c13-8-3-5-1-7(2-6(5)4-9(8)14)20-11-10(12(18)19)15-17-16-11;3-2(4,5)1(6)7/h3-4,7H,1-2H2,(H,18,19)(H,15,16,17);(H,6,7). The van der Waals surface area contributed by atoms with Gasteiger partial charge < -0.3 is 10.2 Å². The van der Waals surface area contributed by atoms with Gasteiger partial charge >= 0.3 is 18.1 Å². The van der Waals surface area contributed by atoms with Gasteiger partial charge in [-0.2, -0.15) is 18.4 Å². The first-order valence-electron chi connectivity index (χ1n) is 7.06. The Balaban J connectivity index is 0.000000321. The van der Waals surface area contributed by atoms with E-state index in [0.717, 1.165) is 24.0 Å². The summed E-state index contributed by atoms with van der Waals surface area (Å²) in [6.07, 6.45) is -3.47. The quantitative estimate of drug-likeness (QED) is 0.661. The number of carboxylic acids is 2. The number of carboxylic acid groups (broad SMARTS) is 2. The third-order valence-corrected chi connectivity index (χ3v) is 5.27. The summed E-state index contributed by atoms with van der Waals surface area (Å²) in [6, 6.07) is 3.75. The van der Waals surface area contributed by atoms with Crippen LogP contribution in [0, 0.1) is 0 Å². The van der Waals surface area contributed by atoms with E-state index in [-0.39, 0.29) is 10.9 Å². The molecule has 1 heterocycles. The van der Waals surface area contributed by atoms with Crippen molar-refractivity contribution in [2.24, 2.45) is 0 Å². The molecule has 0 fully saturated rings. The lowest BCUT2D eigenvalue weighted by Gasteiger charge is -2.05. The minimum Gasteiger partial charge on any atom is -0.476 e. The van der Waals surface area contributed by atoms with Gasteiger partial charge in [-0.1, -0.05) is 35.0 Å². The number of aromatic carboxylic acids is 1. The van der Waals surface area contributed by atoms with Gasteiger partial charge in [0, 0.05) is 5.25 Å². The molecule has 0 spiro atoms. The number of H-pyrrole nitrogens is 1. The summed E-state index contributed by atoms with van der Waals surface area (Å²) in [5.41, 5.74) is 2.26. The fraction of sp³-hybridized carbons (Fsp3) is 0.286. The number of aromatic amines is 1. The Labute approximate surface area is 163 Å². The summed E-state index contributed by atoms with van der Waals surface area (Å²) in [6.45, 7) is 0. The summed E-state index contributed by atoms with van der Waals surface area (Å²) in [4.78, 5) is 19.9. The van der Waals surface area contributed by atoms with E-state index in [1.807, 2.05) is 12.1 Å². The number of benzene rings is 1. The first-order valence-corrected chi connectivity index (χ1v) is 8.70. The van der Waals surface area contributed by atoms with Crippen LogP contribution in [0.15, 0.2) is 17.2 Å². The molecule has 0 atom stereocenters. The minimum absolute atomic E-state index is 0.0398. The zero-order valence-electron chi connectivity index (χ0n) is 13.0. The Hall–Kier alpha value is -1.98. The van der Waals surface area contributed by atoms with Crippen LogP contribution in [0.2, 0.25) is 10.0 Å². The van der Waals surface area contributed by atoms with Crippen molar-refractivity contribution in [2.45, 2.75) is 29.3 Å². The van der Waals surface area contributed by atoms with Crippen LogP contribution >= 0.6 is 35.0 Å². The van der Waals surface area contributed by atoms with Crippen LogP contribution in [-0.4, -0.2) is 49.0 Å². The van der Waals surface area contributed by atoms with Crippen molar-refractivity contribution < 1.29 is 33.0 Å². The highest BCUT2D eigenvalue weighted by atomic mass is 35.5. The zero-order valence-corrected chi connectivity index (χ0v) is 15.4. The van der Waals surface area contributed by atoms with E-state index in [2.05, 4.69) is 15.4 Å². The maximum atomic E-state index is 11.0. The molecule has 146 valence electrons. The number of nitrogens with zero attached hydrogens (tertiary/aromatic N) is 2. The Kier molecular flexibility index (Phi) is 6.60. The van der Waals surface area contributed by atoms with E-state index in [1.165, 1.54) is 11.8 Å². The largest absolute Gasteiger partial charge is 0.490 e. The molecule has 0 unspecified atom stereocenters. The predicted molar refractivity (Wildman–Crippen MR) is 90.5 cm³/mol. The van der Waals surface area contributed by atoms with E-state index in [9.17, 15) is 18.0 Å². The summed E-state index contributed by atoms with van der Waals surface area (Å²) in [7, 11) is 0. The molecule has 2 aromatic rings. The van der Waals surface area contributed by atoms with Crippen molar-refractivity contribution in [3.05, 3.63) is 39.0 Å². The summed E-state index contributed by atoms with van der Waals surface area (Å²) in [5, 5.41) is 27.7. The second kappa shape index (κ2) is 8.36. The molecule has 0 radical (unpaired) electrons. The van der Waals surface area contributed by atoms with Gasteiger partial charge in [0.15, 0.2) is 5.03 Å². The van der Waals surface area contributed by atoms with Crippen LogP contribution in [0.5, 0.6) is 0 Å². The lowest BCUT2D eigenvalue weighted by Crippen LogP contribution is -2.21. The SMILES string of the molecule is O=C(O)C(F)(F)F.O=C(O)c1n[nH]nc1SC1Cc2cc(Cl)c(Cl)cc2C1. The van der Waals surface area contributed by atoms with Gasteiger partial charge in [-0.15, -0.1) is 10.2 Å². The number of fused-ring (bicyclic) bond motifs is 1. The van der Waals surface area contributed by atoms with Gasteiger partial charge in [0.2, 0.25) is 5.69 Å². The molecule has 0 saturated heterocycles. The molecular weight excluding hydrogens is 434 g/mol. The van der Waals surface area contributed by atoms with Crippen LogP contribution in [0.25, 0.3) is 0 Å². The van der Waals surface area contributed by atoms with Crippen molar-refractivity contribution in [3.63, 3.8) is 0 Å². The second-order valence-electron chi connectivity index (χ2n) is 5.27. The fourth-order valence-corrected chi connectivity index (χ4v) is 3.81. The van der Waals surface area contributed by atoms with Gasteiger partial charge in [-0.25, -0.2) is 9.59 Å². The van der Waals surface area contributed by atoms with Crippen molar-refractivity contribution in [2.75, 3.05) is 0 Å². The van der Waals surface area contributed by atoms with Crippen LogP contribution in [0.4, 0.5) is 13.2 Å². The van der Waals surface area contributed by atoms with Crippen molar-refractivity contribution in [1.82, 2.24) is 15.4 Å². The number of thioether (sulfide) groups is 1. The zero-order chi connectivity index (χ0) is 20.4. The molecule has 0 amide bonds. The lowest BCUT2D eigenvalue weighted by molar-refractivity contribution is -0.192. The smallest absolute Gasteiger partial charge is 0.476 e. The van der Waals surface area contributed by atoms with Crippen molar-refractivity contribution in [1.29, 1.82) is 0 Å². The molecule has 0 aliphatic heterocycles. The third kappa shape index (κ3) is 5.50. The van der Waals surface area contributed by atoms with Crippen LogP contribution < -0.4 is 0 Å². The molecule has 1 aromatic carbocycles. The van der Waals surface area contributed by atoms with Crippen molar-refractivity contribution in [3.8, 4) is 0 Å². The molecule has 1 aliphatic carbocycles. The van der Waals surface area contributed by atoms with Crippen molar-refractivity contribution >= 4 is 46.9 Å². The fourth-order valence-electron chi connectivity index (χ4n) is 2.26. The molecular formula is C14H10Cl2F3N3O4S. The highest BCUT2D eigenvalue weighted by Crippen LogP contribution is 2.37. The Morgan fingerprint density at radius 3 is 2.00 bits per heavy atom. The van der Waals surface area contributed by atoms with Crippen LogP contribution in [-0.2, 0) is 17.6 Å². The number of carbonyl (C=O) groups is 2. The first-order chi connectivity index (χ1) is 12.5. The number of aliphatic carboxylic acids is 1. The van der Waals surface area contributed by atoms with Gasteiger partial charge in [-0.05, 0) is 36.1 Å². The average molecular weight is 444 g/mol. The number of hydrogen-bond donors (Lipinski definition) is 3. The summed E-state index contributed by atoms with van der Waals surface area (Å²) in [5.74, 6) is -3.84. The molecule has 3 rings (SSSR count). The summed E-state index contributed by atoms with van der Waals surface area (Å²) >= 11 is 13.4. The number of halogens is 5. The van der Waals surface area contributed by atoms with Gasteiger partial charge in [0.1, 0.15) is 0 Å². The maximum Gasteiger partial charge on any atom is 0.490 e. The molecule has 27 heavy (non-hydrogen) atoms. The van der Waals surface area contributed by atoms with E-state index in [1.54, 1.807) is 0 Å². The Morgan fingerprint density at radius 2 is 1.59 bits per heavy atom. The highest BCUT2D eigenvalue weighted by molar-refractivity contribution is 8.00. The van der Waals surface area contributed by atoms with Gasteiger partial charge in [0.05, 0.1) is 10.0 Å². The first kappa shape index (κ1) is 21.3. The number of hydrogen-bond acceptors (Lipinski definition) is 5. The number of alkyl halides is 3. The highest BCUT2D eigenvalue weighted by Gasteiger charge is 2.38. The number of rotatable bonds is 3. The summed E-state index contributed by atoms with van der Waals surface area (Å²) < 4.78 is 31.7. The topological polar surface area (TPSA) is 116 Å². The molecule has 13 heteroatoms. The van der Waals surface area contributed by atoms with E-state index in [4.69, 9.17) is 38.2 Å². The molecule has 0 bridgehead atoms. The molecule has 3 N–H and O–H groups in total. The molecule has 1 aromatic heterocycles.